The number of aryl methyl sites for hydroxylation is 2. The minimum Gasteiger partial charge on any atom is -0.368 e. The summed E-state index contributed by atoms with van der Waals surface area (Å²) >= 11 is 1.45. The summed E-state index contributed by atoms with van der Waals surface area (Å²) in [7, 11) is 0. The van der Waals surface area contributed by atoms with Gasteiger partial charge in [0.05, 0.1) is 9.88 Å². The van der Waals surface area contributed by atoms with E-state index >= 15 is 0 Å². The van der Waals surface area contributed by atoms with Crippen molar-refractivity contribution < 1.29 is 9.59 Å². The number of nitrogens with two attached hydrogens (primary N) is 1. The summed E-state index contributed by atoms with van der Waals surface area (Å²) in [6, 6.07) is 18.7. The van der Waals surface area contributed by atoms with Crippen LogP contribution in [-0.2, 0) is 11.2 Å². The standard InChI is InChI=1S/C21H21N3O2S/c1-14-23-18(19(27-14)16-10-6-3-7-11-16)21(26)24-17(20(22)25)13-12-15-8-4-2-5-9-15/h2-11,17H,12-13H2,1H3,(H2,22,25)(H,24,26). The normalized spacial score (nSPS) is 11.7. The van der Waals surface area contributed by atoms with Crippen LogP contribution < -0.4 is 11.1 Å². The number of amides is 2. The van der Waals surface area contributed by atoms with Crippen LogP contribution in [0, 0.1) is 6.92 Å². The van der Waals surface area contributed by atoms with Crippen LogP contribution in [0.3, 0.4) is 0 Å². The lowest BCUT2D eigenvalue weighted by molar-refractivity contribution is -0.120. The number of benzene rings is 2. The average molecular weight is 379 g/mol. The lowest BCUT2D eigenvalue weighted by Gasteiger charge is -2.15. The number of aromatic nitrogens is 1. The maximum absolute atomic E-state index is 12.8. The van der Waals surface area contributed by atoms with Gasteiger partial charge in [0, 0.05) is 0 Å². The molecule has 1 unspecified atom stereocenters. The topological polar surface area (TPSA) is 85.1 Å². The van der Waals surface area contributed by atoms with E-state index in [1.165, 1.54) is 11.3 Å². The minimum absolute atomic E-state index is 0.328. The summed E-state index contributed by atoms with van der Waals surface area (Å²) < 4.78 is 0. The summed E-state index contributed by atoms with van der Waals surface area (Å²) in [5.41, 5.74) is 7.85. The molecule has 0 aliphatic carbocycles. The lowest BCUT2D eigenvalue weighted by Crippen LogP contribution is -2.45. The highest BCUT2D eigenvalue weighted by Gasteiger charge is 2.23. The van der Waals surface area contributed by atoms with Gasteiger partial charge in [0.1, 0.15) is 11.7 Å². The Bertz CT molecular complexity index is 923. The number of thiazole rings is 1. The quantitative estimate of drug-likeness (QED) is 0.660. The van der Waals surface area contributed by atoms with Crippen molar-refractivity contribution >= 4 is 23.2 Å². The monoisotopic (exact) mass is 379 g/mol. The zero-order valence-corrected chi connectivity index (χ0v) is 15.8. The Morgan fingerprint density at radius 3 is 2.33 bits per heavy atom. The van der Waals surface area contributed by atoms with Crippen LogP contribution in [0.5, 0.6) is 0 Å². The minimum atomic E-state index is -0.747. The number of primary amides is 1. The van der Waals surface area contributed by atoms with Gasteiger partial charge in [0.25, 0.3) is 5.91 Å². The van der Waals surface area contributed by atoms with Gasteiger partial charge < -0.3 is 11.1 Å². The predicted molar refractivity (Wildman–Crippen MR) is 107 cm³/mol. The molecular formula is C21H21N3O2S. The number of nitrogens with one attached hydrogen (secondary N) is 1. The molecule has 138 valence electrons. The fourth-order valence-corrected chi connectivity index (χ4v) is 3.76. The van der Waals surface area contributed by atoms with Crippen molar-refractivity contribution in [3.8, 4) is 10.4 Å². The Labute approximate surface area is 162 Å². The Balaban J connectivity index is 1.76. The zero-order chi connectivity index (χ0) is 19.2. The van der Waals surface area contributed by atoms with Crippen molar-refractivity contribution in [2.24, 2.45) is 5.73 Å². The number of hydrogen-bond acceptors (Lipinski definition) is 4. The van der Waals surface area contributed by atoms with Gasteiger partial charge >= 0.3 is 0 Å². The van der Waals surface area contributed by atoms with Crippen LogP contribution in [0.25, 0.3) is 10.4 Å². The van der Waals surface area contributed by atoms with Crippen LogP contribution in [-0.4, -0.2) is 22.8 Å². The Hall–Kier alpha value is -2.99. The maximum atomic E-state index is 12.8. The number of carbonyl (C=O) groups is 2. The van der Waals surface area contributed by atoms with Gasteiger partial charge in [-0.05, 0) is 30.9 Å². The molecule has 0 aliphatic heterocycles. The van der Waals surface area contributed by atoms with Crippen LogP contribution >= 0.6 is 11.3 Å². The number of nitrogens with zero attached hydrogens (tertiary/aromatic N) is 1. The molecule has 0 saturated heterocycles. The van der Waals surface area contributed by atoms with E-state index in [1.54, 1.807) is 0 Å². The van der Waals surface area contributed by atoms with Crippen LogP contribution in [0.2, 0.25) is 0 Å². The molecule has 1 heterocycles. The fraction of sp³-hybridized carbons (Fsp3) is 0.190. The van der Waals surface area contributed by atoms with Crippen molar-refractivity contribution in [1.82, 2.24) is 10.3 Å². The number of rotatable bonds is 7. The SMILES string of the molecule is Cc1nc(C(=O)NC(CCc2ccccc2)C(N)=O)c(-c2ccccc2)s1. The molecule has 5 nitrogen and oxygen atoms in total. The van der Waals surface area contributed by atoms with Crippen molar-refractivity contribution in [2.75, 3.05) is 0 Å². The van der Waals surface area contributed by atoms with E-state index in [-0.39, 0.29) is 5.91 Å². The molecule has 1 atom stereocenters. The van der Waals surface area contributed by atoms with Gasteiger partial charge in [0.15, 0.2) is 0 Å². The van der Waals surface area contributed by atoms with Gasteiger partial charge in [-0.15, -0.1) is 11.3 Å². The van der Waals surface area contributed by atoms with Gasteiger partial charge in [-0.25, -0.2) is 4.98 Å². The summed E-state index contributed by atoms with van der Waals surface area (Å²) in [6.45, 7) is 1.86. The van der Waals surface area contributed by atoms with Gasteiger partial charge in [-0.3, -0.25) is 9.59 Å². The maximum Gasteiger partial charge on any atom is 0.272 e. The number of hydrogen-bond donors (Lipinski definition) is 2. The third-order valence-corrected chi connectivity index (χ3v) is 5.22. The van der Waals surface area contributed by atoms with E-state index < -0.39 is 11.9 Å². The third-order valence-electron chi connectivity index (χ3n) is 4.20. The van der Waals surface area contributed by atoms with E-state index in [9.17, 15) is 9.59 Å². The van der Waals surface area contributed by atoms with Crippen LogP contribution in [0.4, 0.5) is 0 Å². The molecule has 27 heavy (non-hydrogen) atoms. The molecule has 0 bridgehead atoms. The first kappa shape index (κ1) is 18.8. The highest BCUT2D eigenvalue weighted by atomic mass is 32.1. The first-order chi connectivity index (χ1) is 13.0. The van der Waals surface area contributed by atoms with Crippen molar-refractivity contribution in [3.05, 3.63) is 76.9 Å². The molecule has 2 aromatic carbocycles. The Morgan fingerprint density at radius 1 is 1.07 bits per heavy atom. The van der Waals surface area contributed by atoms with E-state index in [0.29, 0.717) is 18.5 Å². The van der Waals surface area contributed by atoms with Crippen LogP contribution in [0.1, 0.15) is 27.5 Å². The van der Waals surface area contributed by atoms with Crippen molar-refractivity contribution in [3.63, 3.8) is 0 Å². The lowest BCUT2D eigenvalue weighted by atomic mass is 10.0. The molecule has 0 aliphatic rings. The smallest absolute Gasteiger partial charge is 0.272 e. The molecule has 3 aromatic rings. The molecule has 0 radical (unpaired) electrons. The largest absolute Gasteiger partial charge is 0.368 e. The first-order valence-electron chi connectivity index (χ1n) is 8.71. The summed E-state index contributed by atoms with van der Waals surface area (Å²) in [6.07, 6.45) is 1.09. The summed E-state index contributed by atoms with van der Waals surface area (Å²) in [5.74, 6) is -0.928. The van der Waals surface area contributed by atoms with E-state index in [1.807, 2.05) is 67.6 Å². The summed E-state index contributed by atoms with van der Waals surface area (Å²) in [5, 5.41) is 3.55. The van der Waals surface area contributed by atoms with E-state index in [4.69, 9.17) is 5.73 Å². The van der Waals surface area contributed by atoms with Gasteiger partial charge in [-0.2, -0.15) is 0 Å². The molecule has 6 heteroatoms. The van der Waals surface area contributed by atoms with E-state index in [0.717, 1.165) is 21.0 Å². The Morgan fingerprint density at radius 2 is 1.70 bits per heavy atom. The molecule has 1 aromatic heterocycles. The van der Waals surface area contributed by atoms with E-state index in [2.05, 4.69) is 10.3 Å². The highest BCUT2D eigenvalue weighted by molar-refractivity contribution is 7.15. The first-order valence-corrected chi connectivity index (χ1v) is 9.53. The second kappa shape index (κ2) is 8.60. The fourth-order valence-electron chi connectivity index (χ4n) is 2.83. The molecule has 0 spiro atoms. The molecule has 3 N–H and O–H groups in total. The highest BCUT2D eigenvalue weighted by Crippen LogP contribution is 2.30. The zero-order valence-electron chi connectivity index (χ0n) is 15.0. The van der Waals surface area contributed by atoms with Gasteiger partial charge in [0.2, 0.25) is 5.91 Å². The molecular weight excluding hydrogens is 358 g/mol. The summed E-state index contributed by atoms with van der Waals surface area (Å²) in [4.78, 5) is 29.8. The van der Waals surface area contributed by atoms with Gasteiger partial charge in [-0.1, -0.05) is 60.7 Å². The molecule has 3 rings (SSSR count). The number of carbonyl (C=O) groups excluding carboxylic acids is 2. The second-order valence-electron chi connectivity index (χ2n) is 6.23. The molecule has 0 fully saturated rings. The average Bonchev–Trinajstić information content (AvgIpc) is 3.08. The van der Waals surface area contributed by atoms with Crippen molar-refractivity contribution in [1.29, 1.82) is 0 Å². The van der Waals surface area contributed by atoms with Crippen LogP contribution in [0.15, 0.2) is 60.7 Å². The molecule has 0 saturated carbocycles. The van der Waals surface area contributed by atoms with Crippen molar-refractivity contribution in [2.45, 2.75) is 25.8 Å². The second-order valence-corrected chi connectivity index (χ2v) is 7.43. The third kappa shape index (κ3) is 4.80. The molecule has 2 amide bonds. The predicted octanol–water partition coefficient (Wildman–Crippen LogP) is 3.34. The Kier molecular flexibility index (Phi) is 5.98.